The Kier molecular flexibility index (Phi) is 4.14. The summed E-state index contributed by atoms with van der Waals surface area (Å²) in [5.74, 6) is 0. The van der Waals surface area contributed by atoms with Gasteiger partial charge in [0.2, 0.25) is 0 Å². The molecule has 0 radical (unpaired) electrons. The first-order valence-electron chi connectivity index (χ1n) is 7.08. The Bertz CT molecular complexity index is 571. The number of rotatable bonds is 3. The van der Waals surface area contributed by atoms with Crippen LogP contribution in [0.3, 0.4) is 0 Å². The highest BCUT2D eigenvalue weighted by Gasteiger charge is 2.12. The Balaban J connectivity index is 1.84. The van der Waals surface area contributed by atoms with E-state index in [4.69, 9.17) is 4.74 Å². The molecule has 1 saturated heterocycles. The van der Waals surface area contributed by atoms with E-state index in [2.05, 4.69) is 65.6 Å². The Labute approximate surface area is 120 Å². The minimum Gasteiger partial charge on any atom is -0.378 e. The van der Waals surface area contributed by atoms with Crippen LogP contribution in [0.4, 0.5) is 5.69 Å². The monoisotopic (exact) mass is 265 g/mol. The summed E-state index contributed by atoms with van der Waals surface area (Å²) < 4.78 is 5.43. The van der Waals surface area contributed by atoms with Crippen LogP contribution in [0.25, 0.3) is 12.2 Å². The smallest absolute Gasteiger partial charge is 0.0642 e. The van der Waals surface area contributed by atoms with Crippen molar-refractivity contribution in [3.05, 3.63) is 65.7 Å². The zero-order chi connectivity index (χ0) is 13.6. The minimum absolute atomic E-state index is 0.816. The van der Waals surface area contributed by atoms with Gasteiger partial charge in [0.1, 0.15) is 0 Å². The molecule has 0 amide bonds. The van der Waals surface area contributed by atoms with E-state index in [0.717, 1.165) is 26.3 Å². The van der Waals surface area contributed by atoms with Crippen LogP contribution in [0.5, 0.6) is 0 Å². The molecule has 0 aromatic heterocycles. The summed E-state index contributed by atoms with van der Waals surface area (Å²) in [5.41, 5.74) is 3.78. The summed E-state index contributed by atoms with van der Waals surface area (Å²) >= 11 is 0. The number of para-hydroxylation sites is 1. The van der Waals surface area contributed by atoms with Crippen molar-refractivity contribution in [1.29, 1.82) is 0 Å². The van der Waals surface area contributed by atoms with Gasteiger partial charge in [0.15, 0.2) is 0 Å². The van der Waals surface area contributed by atoms with Crippen molar-refractivity contribution < 1.29 is 4.74 Å². The lowest BCUT2D eigenvalue weighted by Gasteiger charge is -2.30. The molecule has 1 fully saturated rings. The molecule has 1 aliphatic rings. The number of benzene rings is 2. The van der Waals surface area contributed by atoms with Gasteiger partial charge in [-0.05, 0) is 17.2 Å². The van der Waals surface area contributed by atoms with Crippen molar-refractivity contribution in [3.8, 4) is 0 Å². The molecule has 0 saturated carbocycles. The Morgan fingerprint density at radius 1 is 0.800 bits per heavy atom. The average Bonchev–Trinajstić information content (AvgIpc) is 2.55. The van der Waals surface area contributed by atoms with Crippen LogP contribution in [0, 0.1) is 0 Å². The van der Waals surface area contributed by atoms with E-state index in [1.54, 1.807) is 0 Å². The SMILES string of the molecule is C(=Cc1ccccc1N1CCOCC1)c1ccccc1. The standard InChI is InChI=1S/C18H19NO/c1-2-6-16(7-3-1)10-11-17-8-4-5-9-18(17)19-12-14-20-15-13-19/h1-11H,12-15H2. The number of ether oxygens (including phenoxy) is 1. The molecule has 0 spiro atoms. The largest absolute Gasteiger partial charge is 0.378 e. The molecule has 1 aliphatic heterocycles. The molecule has 2 aromatic rings. The zero-order valence-electron chi connectivity index (χ0n) is 11.5. The van der Waals surface area contributed by atoms with Gasteiger partial charge in [-0.1, -0.05) is 60.7 Å². The van der Waals surface area contributed by atoms with Crippen molar-refractivity contribution in [1.82, 2.24) is 0 Å². The lowest BCUT2D eigenvalue weighted by Crippen LogP contribution is -2.36. The van der Waals surface area contributed by atoms with E-state index >= 15 is 0 Å². The summed E-state index contributed by atoms with van der Waals surface area (Å²) in [5, 5.41) is 0. The molecule has 0 N–H and O–H groups in total. The molecule has 0 unspecified atom stereocenters. The molecule has 3 rings (SSSR count). The second-order valence-corrected chi connectivity index (χ2v) is 4.90. The van der Waals surface area contributed by atoms with Crippen LogP contribution in [0.15, 0.2) is 54.6 Å². The summed E-state index contributed by atoms with van der Waals surface area (Å²) in [6.07, 6.45) is 4.36. The molecule has 0 atom stereocenters. The van der Waals surface area contributed by atoms with Crippen molar-refractivity contribution in [2.45, 2.75) is 0 Å². The Hall–Kier alpha value is -2.06. The topological polar surface area (TPSA) is 12.5 Å². The number of nitrogens with zero attached hydrogens (tertiary/aromatic N) is 1. The van der Waals surface area contributed by atoms with Crippen molar-refractivity contribution in [3.63, 3.8) is 0 Å². The van der Waals surface area contributed by atoms with E-state index in [-0.39, 0.29) is 0 Å². The first-order chi connectivity index (χ1) is 9.93. The molecule has 0 bridgehead atoms. The summed E-state index contributed by atoms with van der Waals surface area (Å²) in [6.45, 7) is 3.57. The highest BCUT2D eigenvalue weighted by Crippen LogP contribution is 2.23. The third-order valence-electron chi connectivity index (χ3n) is 3.54. The summed E-state index contributed by atoms with van der Waals surface area (Å²) in [6, 6.07) is 19.0. The van der Waals surface area contributed by atoms with Crippen LogP contribution < -0.4 is 4.90 Å². The van der Waals surface area contributed by atoms with Gasteiger partial charge in [-0.2, -0.15) is 0 Å². The van der Waals surface area contributed by atoms with Gasteiger partial charge >= 0.3 is 0 Å². The molecule has 0 aliphatic carbocycles. The highest BCUT2D eigenvalue weighted by atomic mass is 16.5. The number of hydrogen-bond donors (Lipinski definition) is 0. The summed E-state index contributed by atoms with van der Waals surface area (Å²) in [4.78, 5) is 2.40. The maximum absolute atomic E-state index is 5.43. The van der Waals surface area contributed by atoms with E-state index in [9.17, 15) is 0 Å². The van der Waals surface area contributed by atoms with E-state index < -0.39 is 0 Å². The van der Waals surface area contributed by atoms with E-state index in [0.29, 0.717) is 0 Å². The average molecular weight is 265 g/mol. The third-order valence-corrected chi connectivity index (χ3v) is 3.54. The van der Waals surface area contributed by atoms with Gasteiger partial charge < -0.3 is 9.64 Å². The van der Waals surface area contributed by atoms with Crippen molar-refractivity contribution in [2.24, 2.45) is 0 Å². The first kappa shape index (κ1) is 12.9. The molecular weight excluding hydrogens is 246 g/mol. The van der Waals surface area contributed by atoms with Gasteiger partial charge in [-0.3, -0.25) is 0 Å². The molecule has 2 heteroatoms. The van der Waals surface area contributed by atoms with Gasteiger partial charge in [0.25, 0.3) is 0 Å². The Morgan fingerprint density at radius 2 is 1.50 bits per heavy atom. The van der Waals surface area contributed by atoms with Gasteiger partial charge in [0.05, 0.1) is 13.2 Å². The normalized spacial score (nSPS) is 15.7. The predicted molar refractivity (Wildman–Crippen MR) is 84.8 cm³/mol. The quantitative estimate of drug-likeness (QED) is 0.785. The second kappa shape index (κ2) is 6.40. The number of hydrogen-bond acceptors (Lipinski definition) is 2. The van der Waals surface area contributed by atoms with Crippen molar-refractivity contribution in [2.75, 3.05) is 31.2 Å². The number of morpholine rings is 1. The first-order valence-corrected chi connectivity index (χ1v) is 7.08. The second-order valence-electron chi connectivity index (χ2n) is 4.90. The maximum Gasteiger partial charge on any atom is 0.0642 e. The van der Waals surface area contributed by atoms with Gasteiger partial charge in [-0.15, -0.1) is 0 Å². The molecule has 2 nitrogen and oxygen atoms in total. The van der Waals surface area contributed by atoms with Crippen LogP contribution in [-0.4, -0.2) is 26.3 Å². The van der Waals surface area contributed by atoms with E-state index in [1.165, 1.54) is 16.8 Å². The molecular formula is C18H19NO. The Morgan fingerprint density at radius 3 is 2.30 bits per heavy atom. The van der Waals surface area contributed by atoms with Gasteiger partial charge in [0, 0.05) is 18.8 Å². The fourth-order valence-corrected chi connectivity index (χ4v) is 2.47. The lowest BCUT2D eigenvalue weighted by atomic mass is 10.1. The van der Waals surface area contributed by atoms with E-state index in [1.807, 2.05) is 6.07 Å². The third kappa shape index (κ3) is 3.09. The predicted octanol–water partition coefficient (Wildman–Crippen LogP) is 3.69. The highest BCUT2D eigenvalue weighted by molar-refractivity contribution is 5.77. The maximum atomic E-state index is 5.43. The van der Waals surface area contributed by atoms with Crippen LogP contribution in [0.1, 0.15) is 11.1 Å². The zero-order valence-corrected chi connectivity index (χ0v) is 11.5. The molecule has 102 valence electrons. The van der Waals surface area contributed by atoms with Crippen LogP contribution in [0.2, 0.25) is 0 Å². The molecule has 20 heavy (non-hydrogen) atoms. The number of anilines is 1. The van der Waals surface area contributed by atoms with Gasteiger partial charge in [-0.25, -0.2) is 0 Å². The van der Waals surface area contributed by atoms with Crippen LogP contribution in [-0.2, 0) is 4.74 Å². The lowest BCUT2D eigenvalue weighted by molar-refractivity contribution is 0.122. The summed E-state index contributed by atoms with van der Waals surface area (Å²) in [7, 11) is 0. The molecule has 1 heterocycles. The fourth-order valence-electron chi connectivity index (χ4n) is 2.47. The molecule has 2 aromatic carbocycles. The fraction of sp³-hybridized carbons (Fsp3) is 0.222. The van der Waals surface area contributed by atoms with Crippen molar-refractivity contribution >= 4 is 17.8 Å². The minimum atomic E-state index is 0.816. The van der Waals surface area contributed by atoms with Crippen LogP contribution >= 0.6 is 0 Å².